The summed E-state index contributed by atoms with van der Waals surface area (Å²) >= 11 is 0. The molecule has 1 heterocycles. The minimum atomic E-state index is -0.712. The summed E-state index contributed by atoms with van der Waals surface area (Å²) in [5.74, 6) is 2.05. The van der Waals surface area contributed by atoms with Gasteiger partial charge in [-0.3, -0.25) is 4.90 Å². The van der Waals surface area contributed by atoms with Gasteiger partial charge in [0.05, 0.1) is 12.1 Å². The lowest BCUT2D eigenvalue weighted by molar-refractivity contribution is 0.0322. The molecule has 0 aliphatic rings. The number of hydrogen-bond acceptors (Lipinski definition) is 5. The van der Waals surface area contributed by atoms with Crippen LogP contribution < -0.4 is 0 Å². The summed E-state index contributed by atoms with van der Waals surface area (Å²) in [5, 5.41) is 13.8. The molecule has 0 saturated heterocycles. The minimum absolute atomic E-state index is 0.590. The van der Waals surface area contributed by atoms with E-state index in [1.54, 1.807) is 13.8 Å². The van der Waals surface area contributed by atoms with E-state index in [0.717, 1.165) is 25.2 Å². The van der Waals surface area contributed by atoms with Crippen molar-refractivity contribution in [3.8, 4) is 0 Å². The lowest BCUT2D eigenvalue weighted by atomic mass is 10.1. The largest absolute Gasteiger partial charge is 0.389 e. The van der Waals surface area contributed by atoms with Crippen LogP contribution in [0.2, 0.25) is 0 Å². The van der Waals surface area contributed by atoms with Crippen LogP contribution in [0.15, 0.2) is 4.52 Å². The van der Waals surface area contributed by atoms with Crippen LogP contribution in [0.3, 0.4) is 0 Å². The summed E-state index contributed by atoms with van der Waals surface area (Å²) in [6, 6.07) is 0. The Morgan fingerprint density at radius 1 is 1.37 bits per heavy atom. The number of aliphatic hydroxyl groups is 1. The van der Waals surface area contributed by atoms with Crippen molar-refractivity contribution in [2.75, 3.05) is 13.1 Å². The molecule has 0 amide bonds. The minimum Gasteiger partial charge on any atom is -0.389 e. The Morgan fingerprint density at radius 3 is 2.58 bits per heavy atom. The number of likely N-dealkylation sites (N-methyl/N-ethyl adjacent to an activating group) is 1. The number of rotatable bonds is 8. The number of hydrogen-bond donors (Lipinski definition) is 1. The van der Waals surface area contributed by atoms with Crippen LogP contribution >= 0.6 is 0 Å². The molecule has 5 heteroatoms. The molecule has 0 atom stereocenters. The number of aryl methyl sites for hydroxylation is 1. The van der Waals surface area contributed by atoms with Crippen molar-refractivity contribution in [2.45, 2.75) is 59.6 Å². The standard InChI is InChI=1S/C14H27N3O2/c1-6-17(10-14(4,5)18)9-13-15-12(16-19-13)8-7-11(2)3/h11,18H,6-10H2,1-5H3. The SMILES string of the molecule is CCN(Cc1nc(CCC(C)C)no1)CC(C)(C)O. The molecule has 0 aromatic carbocycles. The summed E-state index contributed by atoms with van der Waals surface area (Å²) in [7, 11) is 0. The zero-order valence-corrected chi connectivity index (χ0v) is 12.8. The highest BCUT2D eigenvalue weighted by molar-refractivity contribution is 4.87. The van der Waals surface area contributed by atoms with E-state index in [4.69, 9.17) is 4.52 Å². The molecule has 0 fully saturated rings. The van der Waals surface area contributed by atoms with E-state index >= 15 is 0 Å². The molecule has 1 rings (SSSR count). The van der Waals surface area contributed by atoms with E-state index in [-0.39, 0.29) is 0 Å². The summed E-state index contributed by atoms with van der Waals surface area (Å²) in [5.41, 5.74) is -0.712. The van der Waals surface area contributed by atoms with E-state index in [1.807, 2.05) is 0 Å². The van der Waals surface area contributed by atoms with Crippen molar-refractivity contribution in [3.05, 3.63) is 11.7 Å². The van der Waals surface area contributed by atoms with Crippen molar-refractivity contribution in [1.82, 2.24) is 15.0 Å². The summed E-state index contributed by atoms with van der Waals surface area (Å²) < 4.78 is 5.26. The fraction of sp³-hybridized carbons (Fsp3) is 0.857. The Kier molecular flexibility index (Phi) is 5.94. The molecular formula is C14H27N3O2. The molecule has 0 saturated carbocycles. The molecule has 0 aliphatic heterocycles. The van der Waals surface area contributed by atoms with Crippen LogP contribution in [-0.2, 0) is 13.0 Å². The lowest BCUT2D eigenvalue weighted by Crippen LogP contribution is -2.38. The fourth-order valence-corrected chi connectivity index (χ4v) is 1.89. The molecule has 0 bridgehead atoms. The van der Waals surface area contributed by atoms with Crippen molar-refractivity contribution in [3.63, 3.8) is 0 Å². The third-order valence-corrected chi connectivity index (χ3v) is 2.87. The monoisotopic (exact) mass is 269 g/mol. The predicted molar refractivity (Wildman–Crippen MR) is 74.7 cm³/mol. The topological polar surface area (TPSA) is 62.4 Å². The first-order chi connectivity index (χ1) is 8.80. The van der Waals surface area contributed by atoms with Crippen LogP contribution in [0.5, 0.6) is 0 Å². The Labute approximate surface area is 116 Å². The highest BCUT2D eigenvalue weighted by Gasteiger charge is 2.19. The van der Waals surface area contributed by atoms with Crippen molar-refractivity contribution < 1.29 is 9.63 Å². The molecule has 0 aliphatic carbocycles. The van der Waals surface area contributed by atoms with Crippen molar-refractivity contribution in [2.24, 2.45) is 5.92 Å². The van der Waals surface area contributed by atoms with Gasteiger partial charge in [-0.1, -0.05) is 25.9 Å². The van der Waals surface area contributed by atoms with Gasteiger partial charge >= 0.3 is 0 Å². The van der Waals surface area contributed by atoms with Crippen molar-refractivity contribution in [1.29, 1.82) is 0 Å². The van der Waals surface area contributed by atoms with Gasteiger partial charge in [-0.2, -0.15) is 4.98 Å². The van der Waals surface area contributed by atoms with Gasteiger partial charge in [-0.25, -0.2) is 0 Å². The van der Waals surface area contributed by atoms with Gasteiger partial charge < -0.3 is 9.63 Å². The van der Waals surface area contributed by atoms with Crippen LogP contribution in [0.25, 0.3) is 0 Å². The van der Waals surface area contributed by atoms with E-state index in [0.29, 0.717) is 24.9 Å². The lowest BCUT2D eigenvalue weighted by Gasteiger charge is -2.26. The number of aromatic nitrogens is 2. The highest BCUT2D eigenvalue weighted by atomic mass is 16.5. The van der Waals surface area contributed by atoms with E-state index in [9.17, 15) is 5.11 Å². The number of nitrogens with zero attached hydrogens (tertiary/aromatic N) is 3. The first-order valence-electron chi connectivity index (χ1n) is 7.06. The summed E-state index contributed by atoms with van der Waals surface area (Å²) in [6.45, 7) is 12.1. The molecule has 0 spiro atoms. The van der Waals surface area contributed by atoms with Gasteiger partial charge in [0.15, 0.2) is 5.82 Å². The molecular weight excluding hydrogens is 242 g/mol. The highest BCUT2D eigenvalue weighted by Crippen LogP contribution is 2.10. The molecule has 110 valence electrons. The molecule has 0 radical (unpaired) electrons. The Morgan fingerprint density at radius 2 is 2.05 bits per heavy atom. The smallest absolute Gasteiger partial charge is 0.240 e. The third-order valence-electron chi connectivity index (χ3n) is 2.87. The van der Waals surface area contributed by atoms with Crippen LogP contribution in [0, 0.1) is 5.92 Å². The van der Waals surface area contributed by atoms with Gasteiger partial charge in [0.25, 0.3) is 0 Å². The fourth-order valence-electron chi connectivity index (χ4n) is 1.89. The normalized spacial score (nSPS) is 12.6. The Bertz CT molecular complexity index is 369. The van der Waals surface area contributed by atoms with Gasteiger partial charge in [0.1, 0.15) is 0 Å². The van der Waals surface area contributed by atoms with Crippen molar-refractivity contribution >= 4 is 0 Å². The summed E-state index contributed by atoms with van der Waals surface area (Å²) in [6.07, 6.45) is 1.93. The van der Waals surface area contributed by atoms with Gasteiger partial charge in [-0.05, 0) is 32.7 Å². The van der Waals surface area contributed by atoms with E-state index < -0.39 is 5.60 Å². The average molecular weight is 269 g/mol. The molecule has 0 unspecified atom stereocenters. The predicted octanol–water partition coefficient (Wildman–Crippen LogP) is 2.25. The Hall–Kier alpha value is -0.940. The molecule has 1 aromatic rings. The first kappa shape index (κ1) is 16.1. The molecule has 19 heavy (non-hydrogen) atoms. The zero-order valence-electron chi connectivity index (χ0n) is 12.8. The second-order valence-electron chi connectivity index (χ2n) is 6.15. The van der Waals surface area contributed by atoms with Gasteiger partial charge in [0.2, 0.25) is 5.89 Å². The second-order valence-corrected chi connectivity index (χ2v) is 6.15. The average Bonchev–Trinajstić information content (AvgIpc) is 2.71. The van der Waals surface area contributed by atoms with Crippen LogP contribution in [0.1, 0.15) is 52.8 Å². The maximum absolute atomic E-state index is 9.84. The first-order valence-corrected chi connectivity index (χ1v) is 7.06. The maximum Gasteiger partial charge on any atom is 0.240 e. The molecule has 1 aromatic heterocycles. The maximum atomic E-state index is 9.84. The van der Waals surface area contributed by atoms with Crippen LogP contribution in [-0.4, -0.2) is 38.8 Å². The van der Waals surface area contributed by atoms with Crippen LogP contribution in [0.4, 0.5) is 0 Å². The van der Waals surface area contributed by atoms with E-state index in [2.05, 4.69) is 35.8 Å². The van der Waals surface area contributed by atoms with Gasteiger partial charge in [-0.15, -0.1) is 0 Å². The van der Waals surface area contributed by atoms with E-state index in [1.165, 1.54) is 0 Å². The molecule has 1 N–H and O–H groups in total. The molecule has 5 nitrogen and oxygen atoms in total. The Balaban J connectivity index is 2.51. The third kappa shape index (κ3) is 6.68. The second kappa shape index (κ2) is 7.01. The zero-order chi connectivity index (χ0) is 14.5. The quantitative estimate of drug-likeness (QED) is 0.784. The van der Waals surface area contributed by atoms with Gasteiger partial charge in [0, 0.05) is 13.0 Å². The summed E-state index contributed by atoms with van der Waals surface area (Å²) in [4.78, 5) is 6.50.